The minimum atomic E-state index is -3.48. The van der Waals surface area contributed by atoms with Crippen LogP contribution in [0, 0.1) is 0 Å². The molecular weight excluding hydrogens is 289 g/mol. The van der Waals surface area contributed by atoms with Gasteiger partial charge >= 0.3 is 19.5 Å². The van der Waals surface area contributed by atoms with E-state index in [0.29, 0.717) is 5.75 Å². The summed E-state index contributed by atoms with van der Waals surface area (Å²) < 4.78 is 0. The average Bonchev–Trinajstić information content (AvgIpc) is 2.01. The molecule has 0 bridgehead atoms. The Bertz CT molecular complexity index is 163. The molecule has 0 rings (SSSR count). The molecule has 0 aliphatic carbocycles. The van der Waals surface area contributed by atoms with Crippen LogP contribution in [0.4, 0.5) is 0 Å². The zero-order valence-electron chi connectivity index (χ0n) is 8.74. The van der Waals surface area contributed by atoms with Gasteiger partial charge in [-0.3, -0.25) is 0 Å². The first kappa shape index (κ1) is 17.9. The van der Waals surface area contributed by atoms with Crippen molar-refractivity contribution in [2.24, 2.45) is 0 Å². The number of hydrogen-bond donors (Lipinski definition) is 0. The van der Waals surface area contributed by atoms with E-state index in [9.17, 15) is 9.79 Å². The molecule has 0 aromatic carbocycles. The van der Waals surface area contributed by atoms with Crippen LogP contribution in [0.5, 0.6) is 0 Å². The van der Waals surface area contributed by atoms with Gasteiger partial charge in [-0.1, -0.05) is 39.0 Å². The quantitative estimate of drug-likeness (QED) is 0.391. The zero-order chi connectivity index (χ0) is 10.2. The average molecular weight is 306 g/mol. The largest absolute Gasteiger partial charge is 2.00 e. The van der Waals surface area contributed by atoms with Crippen LogP contribution in [0.15, 0.2) is 0 Å². The Morgan fingerprint density at radius 2 is 1.57 bits per heavy atom. The van der Waals surface area contributed by atoms with E-state index in [4.69, 9.17) is 0 Å². The van der Waals surface area contributed by atoms with E-state index >= 15 is 0 Å². The summed E-state index contributed by atoms with van der Waals surface area (Å²) in [4.78, 5) is 21.1. The molecular formula is C8H17O2PS2Zn. The Hall–Kier alpha value is 1.54. The van der Waals surface area contributed by atoms with Crippen LogP contribution in [-0.4, -0.2) is 5.75 Å². The third kappa shape index (κ3) is 16.0. The monoisotopic (exact) mass is 304 g/mol. The van der Waals surface area contributed by atoms with Crippen molar-refractivity contribution in [3.05, 3.63) is 0 Å². The fourth-order valence-electron chi connectivity index (χ4n) is 1.06. The fraction of sp³-hybridized carbons (Fsp3) is 1.00. The maximum atomic E-state index is 10.6. The number of unbranched alkanes of at least 4 members (excludes halogenated alkanes) is 5. The molecule has 14 heavy (non-hydrogen) atoms. The van der Waals surface area contributed by atoms with Crippen molar-refractivity contribution in [3.8, 4) is 0 Å². The van der Waals surface area contributed by atoms with Crippen LogP contribution in [0.3, 0.4) is 0 Å². The van der Waals surface area contributed by atoms with Crippen LogP contribution in [-0.2, 0) is 31.3 Å². The Labute approximate surface area is 109 Å². The van der Waals surface area contributed by atoms with Crippen LogP contribution in [0.2, 0.25) is 0 Å². The smallest absolute Gasteiger partial charge is 0.825 e. The second-order valence-electron chi connectivity index (χ2n) is 3.05. The molecule has 0 aliphatic heterocycles. The Balaban J connectivity index is 0. The molecule has 0 amide bonds. The van der Waals surface area contributed by atoms with Crippen molar-refractivity contribution < 1.29 is 29.3 Å². The summed E-state index contributed by atoms with van der Waals surface area (Å²) in [5, 5.41) is 0. The van der Waals surface area contributed by atoms with Gasteiger partial charge in [0.15, 0.2) is 0 Å². The van der Waals surface area contributed by atoms with Crippen molar-refractivity contribution in [3.63, 3.8) is 0 Å². The summed E-state index contributed by atoms with van der Waals surface area (Å²) in [7, 11) is 0. The standard InChI is InChI=1S/C8H19O2PS2.Zn/c1-2-3-4-5-6-7-8-13-11(9,10)12;/h2-8H2,1H3,(H2,9,10,12);/q;+2/p-2. The van der Waals surface area contributed by atoms with Crippen LogP contribution in [0.25, 0.3) is 0 Å². The zero-order valence-corrected chi connectivity index (χ0v) is 14.2. The summed E-state index contributed by atoms with van der Waals surface area (Å²) in [6.45, 7) is 2.18. The summed E-state index contributed by atoms with van der Waals surface area (Å²) in [5.41, 5.74) is -3.48. The maximum Gasteiger partial charge on any atom is 2.00 e. The first-order valence-electron chi connectivity index (χ1n) is 4.73. The van der Waals surface area contributed by atoms with Crippen molar-refractivity contribution in [2.45, 2.75) is 45.4 Å². The van der Waals surface area contributed by atoms with Gasteiger partial charge < -0.3 is 9.79 Å². The summed E-state index contributed by atoms with van der Waals surface area (Å²) in [6.07, 6.45) is 7.11. The molecule has 0 heterocycles. The second-order valence-corrected chi connectivity index (χ2v) is 8.96. The number of hydrogen-bond acceptors (Lipinski definition) is 4. The molecule has 0 spiro atoms. The molecule has 0 aromatic heterocycles. The van der Waals surface area contributed by atoms with Crippen molar-refractivity contribution in [1.82, 2.24) is 0 Å². The topological polar surface area (TPSA) is 46.1 Å². The predicted molar refractivity (Wildman–Crippen MR) is 60.1 cm³/mol. The van der Waals surface area contributed by atoms with Crippen LogP contribution in [0.1, 0.15) is 45.4 Å². The molecule has 0 unspecified atom stereocenters. The van der Waals surface area contributed by atoms with E-state index in [-0.39, 0.29) is 19.5 Å². The van der Waals surface area contributed by atoms with E-state index in [2.05, 4.69) is 18.7 Å². The molecule has 0 atom stereocenters. The van der Waals surface area contributed by atoms with E-state index in [0.717, 1.165) is 24.2 Å². The minimum Gasteiger partial charge on any atom is -0.825 e. The Morgan fingerprint density at radius 3 is 2.07 bits per heavy atom. The molecule has 80 valence electrons. The summed E-state index contributed by atoms with van der Waals surface area (Å²) >= 11 is 5.18. The molecule has 2 nitrogen and oxygen atoms in total. The van der Waals surface area contributed by atoms with Gasteiger partial charge in [0.2, 0.25) is 0 Å². The number of rotatable bonds is 8. The molecule has 0 N–H and O–H groups in total. The SMILES string of the molecule is CCCCCCCCSP([O-])([O-])=S.[Zn+2]. The van der Waals surface area contributed by atoms with Gasteiger partial charge in [0, 0.05) is 0 Å². The van der Waals surface area contributed by atoms with E-state index in [1.807, 2.05) is 0 Å². The van der Waals surface area contributed by atoms with Crippen LogP contribution >= 0.6 is 17.1 Å². The van der Waals surface area contributed by atoms with Gasteiger partial charge in [-0.05, 0) is 12.2 Å². The van der Waals surface area contributed by atoms with Gasteiger partial charge in [0.1, 0.15) is 0 Å². The molecule has 6 heteroatoms. The van der Waals surface area contributed by atoms with Gasteiger partial charge in [0.05, 0.1) is 0 Å². The van der Waals surface area contributed by atoms with Gasteiger partial charge in [-0.25, -0.2) is 0 Å². The van der Waals surface area contributed by atoms with Crippen LogP contribution < -0.4 is 9.79 Å². The predicted octanol–water partition coefficient (Wildman–Crippen LogP) is 2.02. The van der Waals surface area contributed by atoms with Gasteiger partial charge in [-0.2, -0.15) is 17.1 Å². The minimum absolute atomic E-state index is 0. The first-order chi connectivity index (χ1) is 6.06. The first-order valence-corrected chi connectivity index (χ1v) is 8.95. The van der Waals surface area contributed by atoms with Crippen molar-refractivity contribution >= 4 is 28.9 Å². The molecule has 0 radical (unpaired) electrons. The van der Waals surface area contributed by atoms with E-state index < -0.39 is 5.69 Å². The molecule has 0 saturated heterocycles. The third-order valence-corrected chi connectivity index (χ3v) is 4.98. The fourth-order valence-corrected chi connectivity index (χ4v) is 3.34. The van der Waals surface area contributed by atoms with Gasteiger partial charge in [0.25, 0.3) is 0 Å². The maximum absolute atomic E-state index is 10.6. The molecule has 0 aliphatic rings. The van der Waals surface area contributed by atoms with Gasteiger partial charge in [-0.15, -0.1) is 11.8 Å². The second kappa shape index (κ2) is 11.0. The molecule has 0 saturated carbocycles. The normalized spacial score (nSPS) is 11.1. The van der Waals surface area contributed by atoms with E-state index in [1.54, 1.807) is 0 Å². The molecule has 0 aromatic rings. The molecule has 0 fully saturated rings. The summed E-state index contributed by atoms with van der Waals surface area (Å²) in [5.74, 6) is 0.663. The van der Waals surface area contributed by atoms with Crippen molar-refractivity contribution in [1.29, 1.82) is 0 Å². The Kier molecular flexibility index (Phi) is 14.1. The Morgan fingerprint density at radius 1 is 1.07 bits per heavy atom. The summed E-state index contributed by atoms with van der Waals surface area (Å²) in [6, 6.07) is 0. The third-order valence-electron chi connectivity index (χ3n) is 1.75. The van der Waals surface area contributed by atoms with Crippen molar-refractivity contribution in [2.75, 3.05) is 5.75 Å². The van der Waals surface area contributed by atoms with E-state index in [1.165, 1.54) is 25.7 Å².